The Balaban J connectivity index is 0.893. The number of sulfonamides is 1. The number of halogens is 4. The van der Waals surface area contributed by atoms with Gasteiger partial charge in [-0.1, -0.05) is 54.1 Å². The van der Waals surface area contributed by atoms with Crippen LogP contribution in [-0.2, 0) is 26.9 Å². The van der Waals surface area contributed by atoms with Crippen molar-refractivity contribution in [3.8, 4) is 22.4 Å². The largest absolute Gasteiger partial charge is 0.501 e. The molecule has 0 saturated carbocycles. The lowest BCUT2D eigenvalue weighted by molar-refractivity contribution is -0.0668. The van der Waals surface area contributed by atoms with Crippen LogP contribution in [0.5, 0.6) is 0 Å². The van der Waals surface area contributed by atoms with Gasteiger partial charge in [0.05, 0.1) is 46.6 Å². The number of likely N-dealkylation sites (tertiary alicyclic amines) is 2. The fraction of sp³-hybridized carbons (Fsp3) is 0.364. The Morgan fingerprint density at radius 3 is 2.09 bits per heavy atom. The van der Waals surface area contributed by atoms with Gasteiger partial charge in [-0.3, -0.25) is 9.52 Å². The first kappa shape index (κ1) is 55.0. The summed E-state index contributed by atoms with van der Waals surface area (Å²) < 4.78 is 101. The molecule has 21 heteroatoms. The number of aromatic nitrogens is 1. The summed E-state index contributed by atoms with van der Waals surface area (Å²) >= 11 is 7.75. The van der Waals surface area contributed by atoms with Crippen molar-refractivity contribution < 1.29 is 45.0 Å². The number of piperazine rings is 1. The molecule has 9 rings (SSSR count). The second kappa shape index (κ2) is 22.3. The van der Waals surface area contributed by atoms with Crippen LogP contribution in [0.25, 0.3) is 22.4 Å². The summed E-state index contributed by atoms with van der Waals surface area (Å²) in [5.41, 5.74) is -0.363. The Labute approximate surface area is 451 Å². The Kier molecular flexibility index (Phi) is 16.2. The van der Waals surface area contributed by atoms with Gasteiger partial charge in [-0.2, -0.15) is 13.2 Å². The molecule has 0 bridgehead atoms. The van der Waals surface area contributed by atoms with E-state index in [1.54, 1.807) is 36.1 Å². The molecule has 0 spiro atoms. The van der Waals surface area contributed by atoms with E-state index in [0.29, 0.717) is 87.5 Å². The fourth-order valence-electron chi connectivity index (χ4n) is 10.2. The van der Waals surface area contributed by atoms with Crippen LogP contribution < -0.4 is 19.8 Å². The first-order valence-corrected chi connectivity index (χ1v) is 29.4. The monoisotopic (exact) mass is 1120 g/mol. The molecule has 0 unspecified atom stereocenters. The number of nitrogens with one attached hydrogen (secondary N) is 2. The molecule has 76 heavy (non-hydrogen) atoms. The second-order valence-electron chi connectivity index (χ2n) is 20.0. The maximum absolute atomic E-state index is 14.3. The standard InChI is InChI=1S/C55H61ClF3N7O7S3/c1-37-50(53(68)66-35-54(2,69)36-66)51(52(62(37)3)38-12-14-40(56)15-13-38)39-8-7-9-44(32-39)65-30-28-64(29-31-65)43-18-16-41(17-19-43)61-76(72,73)47-20-21-48(49(33-47)75(70,71)55(57,58)59)60-42(34-74-46-10-5-4-6-11-46)22-25-63-26-23-45(67)24-27-63/h4-21,32-33,42,45,60-61,67,69H,22-31,34-36H2,1-3H3/t42-/m1/s1. The third kappa shape index (κ3) is 12.2. The Morgan fingerprint density at radius 1 is 0.816 bits per heavy atom. The maximum Gasteiger partial charge on any atom is 0.501 e. The molecule has 3 aliphatic rings. The van der Waals surface area contributed by atoms with Crippen LogP contribution in [0.4, 0.5) is 35.9 Å². The van der Waals surface area contributed by atoms with Crippen molar-refractivity contribution in [2.24, 2.45) is 7.05 Å². The number of aliphatic hydroxyl groups excluding tert-OH is 1. The Morgan fingerprint density at radius 2 is 1.46 bits per heavy atom. The minimum atomic E-state index is -6.03. The Bertz CT molecular complexity index is 3270. The van der Waals surface area contributed by atoms with Gasteiger partial charge < -0.3 is 39.7 Å². The number of rotatable bonds is 17. The van der Waals surface area contributed by atoms with E-state index < -0.39 is 46.8 Å². The average molecular weight is 1120 g/mol. The molecule has 4 N–H and O–H groups in total. The number of β-amino-alcohol motifs (C(OH)–C–C–N with tert-alkyl or cyclic N) is 1. The summed E-state index contributed by atoms with van der Waals surface area (Å²) in [7, 11) is -8.69. The van der Waals surface area contributed by atoms with Crippen LogP contribution in [0, 0.1) is 6.92 Å². The molecule has 1 aromatic heterocycles. The van der Waals surface area contributed by atoms with Crippen LogP contribution in [0.3, 0.4) is 0 Å². The van der Waals surface area contributed by atoms with E-state index in [1.165, 1.54) is 11.8 Å². The normalized spacial score (nSPS) is 17.1. The molecule has 1 amide bonds. The van der Waals surface area contributed by atoms with Gasteiger partial charge in [0.1, 0.15) is 4.90 Å². The van der Waals surface area contributed by atoms with Crippen LogP contribution >= 0.6 is 23.4 Å². The highest BCUT2D eigenvalue weighted by Crippen LogP contribution is 2.42. The van der Waals surface area contributed by atoms with Gasteiger partial charge in [-0.15, -0.1) is 11.8 Å². The first-order chi connectivity index (χ1) is 36.1. The number of thioether (sulfide) groups is 1. The molecule has 404 valence electrons. The highest BCUT2D eigenvalue weighted by atomic mass is 35.5. The maximum atomic E-state index is 14.3. The van der Waals surface area contributed by atoms with Crippen molar-refractivity contribution in [3.05, 3.63) is 138 Å². The van der Waals surface area contributed by atoms with Crippen LogP contribution in [0.15, 0.2) is 136 Å². The van der Waals surface area contributed by atoms with Crippen molar-refractivity contribution in [2.75, 3.05) is 84.5 Å². The molecule has 0 aliphatic carbocycles. The van der Waals surface area contributed by atoms with Gasteiger partial charge in [0, 0.05) is 103 Å². The number of anilines is 4. The first-order valence-electron chi connectivity index (χ1n) is 25.1. The third-order valence-corrected chi connectivity index (χ3v) is 18.7. The van der Waals surface area contributed by atoms with Gasteiger partial charge in [0.15, 0.2) is 0 Å². The van der Waals surface area contributed by atoms with Crippen LogP contribution in [-0.4, -0.2) is 135 Å². The predicted molar refractivity (Wildman–Crippen MR) is 295 cm³/mol. The molecule has 3 saturated heterocycles. The van der Waals surface area contributed by atoms with Crippen molar-refractivity contribution in [3.63, 3.8) is 0 Å². The highest BCUT2D eigenvalue weighted by Gasteiger charge is 2.49. The minimum absolute atomic E-state index is 0.122. The van der Waals surface area contributed by atoms with Crippen molar-refractivity contribution >= 4 is 71.9 Å². The van der Waals surface area contributed by atoms with E-state index in [0.717, 1.165) is 56.5 Å². The number of amides is 1. The zero-order valence-corrected chi connectivity index (χ0v) is 45.5. The predicted octanol–water partition coefficient (Wildman–Crippen LogP) is 9.37. The second-order valence-corrected chi connectivity index (χ2v) is 25.1. The highest BCUT2D eigenvalue weighted by molar-refractivity contribution is 7.99. The molecular formula is C55H61ClF3N7O7S3. The molecule has 4 heterocycles. The molecule has 5 aromatic carbocycles. The number of benzene rings is 5. The smallest absolute Gasteiger partial charge is 0.393 e. The van der Waals surface area contributed by atoms with E-state index in [1.807, 2.05) is 91.3 Å². The van der Waals surface area contributed by atoms with Crippen LogP contribution in [0.1, 0.15) is 42.2 Å². The van der Waals surface area contributed by atoms with Crippen molar-refractivity contribution in [2.45, 2.75) is 71.1 Å². The number of carbonyl (C=O) groups is 1. The summed E-state index contributed by atoms with van der Waals surface area (Å²) in [4.78, 5) is 21.5. The Hall–Kier alpha value is -5.74. The molecule has 1 atom stereocenters. The van der Waals surface area contributed by atoms with Gasteiger partial charge in [0.25, 0.3) is 25.8 Å². The number of carbonyl (C=O) groups excluding carboxylic acids is 1. The summed E-state index contributed by atoms with van der Waals surface area (Å²) in [5, 5.41) is 24.1. The summed E-state index contributed by atoms with van der Waals surface area (Å²) in [6.45, 7) is 8.44. The number of hydrogen-bond acceptors (Lipinski definition) is 12. The van der Waals surface area contributed by atoms with E-state index in [4.69, 9.17) is 11.6 Å². The summed E-state index contributed by atoms with van der Waals surface area (Å²) in [5.74, 6) is 0.216. The van der Waals surface area contributed by atoms with E-state index in [-0.39, 0.29) is 36.5 Å². The number of alkyl halides is 3. The van der Waals surface area contributed by atoms with E-state index >= 15 is 0 Å². The molecule has 0 radical (unpaired) electrons. The average Bonchev–Trinajstić information content (AvgIpc) is 3.68. The molecule has 14 nitrogen and oxygen atoms in total. The number of sulfone groups is 1. The molecule has 6 aromatic rings. The summed E-state index contributed by atoms with van der Waals surface area (Å²) in [6.07, 6.45) is 1.23. The van der Waals surface area contributed by atoms with Gasteiger partial charge in [-0.25, -0.2) is 16.8 Å². The quantitative estimate of drug-likeness (QED) is 0.0640. The number of aliphatic hydroxyl groups is 2. The fourth-order valence-corrected chi connectivity index (χ4v) is 13.4. The topological polar surface area (TPSA) is 168 Å². The minimum Gasteiger partial charge on any atom is -0.393 e. The number of nitrogens with zero attached hydrogens (tertiary/aromatic N) is 5. The number of hydrogen-bond donors (Lipinski definition) is 4. The lowest BCUT2D eigenvalue weighted by atomic mass is 9.92. The zero-order valence-electron chi connectivity index (χ0n) is 42.3. The molecule has 3 fully saturated rings. The SMILES string of the molecule is Cc1c(C(=O)N2CC(C)(O)C2)c(-c2cccc(N3CCN(c4ccc(NS(=O)(=O)c5ccc(N[C@H](CCN6CCC(O)CC6)CSc6ccccc6)c(S(=O)(=O)C(F)(F)F)c5)cc4)CC3)c2)c(-c2ccc(Cl)cc2)n1C. The molecule has 3 aliphatic heterocycles. The van der Waals surface area contributed by atoms with Gasteiger partial charge in [-0.05, 0) is 123 Å². The van der Waals surface area contributed by atoms with Gasteiger partial charge >= 0.3 is 5.51 Å². The van der Waals surface area contributed by atoms with Crippen LogP contribution in [0.2, 0.25) is 5.02 Å². The molecular weight excluding hydrogens is 1060 g/mol. The third-order valence-electron chi connectivity index (χ3n) is 14.4. The van der Waals surface area contributed by atoms with E-state index in [9.17, 15) is 45.0 Å². The van der Waals surface area contributed by atoms with Gasteiger partial charge in [0.2, 0.25) is 0 Å². The van der Waals surface area contributed by atoms with Crippen molar-refractivity contribution in [1.29, 1.82) is 0 Å². The number of piperidine rings is 1. The van der Waals surface area contributed by atoms with Crippen molar-refractivity contribution in [1.82, 2.24) is 14.4 Å². The van der Waals surface area contributed by atoms with E-state index in [2.05, 4.69) is 30.8 Å². The zero-order chi connectivity index (χ0) is 54.2. The summed E-state index contributed by atoms with van der Waals surface area (Å²) in [6, 6.07) is 33.8. The lowest BCUT2D eigenvalue weighted by Crippen LogP contribution is -2.61. The lowest BCUT2D eigenvalue weighted by Gasteiger charge is -2.44.